The highest BCUT2D eigenvalue weighted by atomic mass is 16.7. The molecule has 0 amide bonds. The van der Waals surface area contributed by atoms with Crippen molar-refractivity contribution in [3.05, 3.63) is 125 Å². The van der Waals surface area contributed by atoms with E-state index in [1.165, 1.54) is 43.1 Å². The zero-order valence-electron chi connectivity index (χ0n) is 35.2. The van der Waals surface area contributed by atoms with E-state index in [0.29, 0.717) is 17.2 Å². The Balaban J connectivity index is 0.00000249. The van der Waals surface area contributed by atoms with Gasteiger partial charge < -0.3 is 18.9 Å². The molecular formula is C47H68O6. The van der Waals surface area contributed by atoms with Gasteiger partial charge in [-0.2, -0.15) is 0 Å². The first-order valence-corrected chi connectivity index (χ1v) is 19.7. The number of hydrogen-bond acceptors (Lipinski definition) is 6. The molecule has 0 N–H and O–H groups in total. The van der Waals surface area contributed by atoms with Gasteiger partial charge in [0.15, 0.2) is 0 Å². The minimum atomic E-state index is -0.785. The SMILES string of the molecule is CC.CC.CC.CC.CC.COC(=O)Oc1ccc(C(C)(C)c2ccc(OC(=O)Oc3ccc(C4(c5ccc(C)cc5)CCCCC4)cc3)cc2)cc1. The molecule has 0 aromatic heterocycles. The molecule has 0 saturated heterocycles. The van der Waals surface area contributed by atoms with E-state index in [4.69, 9.17) is 14.2 Å². The molecule has 0 radical (unpaired) electrons. The Kier molecular flexibility index (Phi) is 24.0. The normalized spacial score (nSPS) is 12.3. The van der Waals surface area contributed by atoms with E-state index in [0.717, 1.165) is 24.0 Å². The van der Waals surface area contributed by atoms with E-state index >= 15 is 0 Å². The minimum absolute atomic E-state index is 0.0145. The molecule has 53 heavy (non-hydrogen) atoms. The highest BCUT2D eigenvalue weighted by molar-refractivity contribution is 5.67. The van der Waals surface area contributed by atoms with Gasteiger partial charge in [0.1, 0.15) is 17.2 Å². The van der Waals surface area contributed by atoms with Crippen molar-refractivity contribution in [2.45, 2.75) is 133 Å². The third kappa shape index (κ3) is 14.1. The monoisotopic (exact) mass is 729 g/mol. The maximum absolute atomic E-state index is 12.6. The zero-order chi connectivity index (χ0) is 40.5. The molecule has 6 heteroatoms. The van der Waals surface area contributed by atoms with Gasteiger partial charge in [-0.3, -0.25) is 0 Å². The van der Waals surface area contributed by atoms with Crippen LogP contribution in [0.2, 0.25) is 0 Å². The number of aryl methyl sites for hydroxylation is 1. The molecule has 0 spiro atoms. The Hall–Kier alpha value is -4.58. The van der Waals surface area contributed by atoms with Gasteiger partial charge in [0, 0.05) is 10.8 Å². The van der Waals surface area contributed by atoms with Gasteiger partial charge in [0.05, 0.1) is 7.11 Å². The Morgan fingerprint density at radius 1 is 0.491 bits per heavy atom. The summed E-state index contributed by atoms with van der Waals surface area (Å²) in [6.07, 6.45) is 4.34. The highest BCUT2D eigenvalue weighted by Crippen LogP contribution is 2.45. The lowest BCUT2D eigenvalue weighted by molar-refractivity contribution is 0.121. The van der Waals surface area contributed by atoms with Crippen molar-refractivity contribution in [2.75, 3.05) is 7.11 Å². The van der Waals surface area contributed by atoms with Gasteiger partial charge in [-0.15, -0.1) is 0 Å². The predicted octanol–water partition coefficient (Wildman–Crippen LogP) is 14.4. The van der Waals surface area contributed by atoms with Crippen LogP contribution in [0.5, 0.6) is 17.2 Å². The van der Waals surface area contributed by atoms with Crippen molar-refractivity contribution in [1.29, 1.82) is 0 Å². The molecule has 292 valence electrons. The predicted molar refractivity (Wildman–Crippen MR) is 223 cm³/mol. The fraction of sp³-hybridized carbons (Fsp3) is 0.447. The van der Waals surface area contributed by atoms with E-state index in [1.54, 1.807) is 24.3 Å². The van der Waals surface area contributed by atoms with Crippen LogP contribution in [0.4, 0.5) is 9.59 Å². The smallest absolute Gasteiger partial charge is 0.437 e. The summed E-state index contributed by atoms with van der Waals surface area (Å²) in [5, 5.41) is 0. The summed E-state index contributed by atoms with van der Waals surface area (Å²) in [4.78, 5) is 24.0. The number of carbonyl (C=O) groups is 2. The Bertz CT molecular complexity index is 1530. The van der Waals surface area contributed by atoms with Crippen LogP contribution in [0.25, 0.3) is 0 Å². The molecule has 0 bridgehead atoms. The largest absolute Gasteiger partial charge is 0.519 e. The summed E-state index contributed by atoms with van der Waals surface area (Å²) < 4.78 is 20.6. The standard InChI is InChI=1S/C37H38O6.5C2H6/c1-26-8-10-29(11-9-26)37(24-6-5-7-25-37)30-16-22-33(23-17-30)43-35(39)42-32-20-14-28(15-21-32)36(2,3)27-12-18-31(19-13-27)41-34(38)40-4;5*1-2/h8-23H,5-7,24-25H2,1-4H3;5*1-2H3. The van der Waals surface area contributed by atoms with Gasteiger partial charge in [-0.25, -0.2) is 9.59 Å². The molecule has 0 heterocycles. The molecular weight excluding hydrogens is 661 g/mol. The molecule has 1 aliphatic rings. The van der Waals surface area contributed by atoms with Crippen LogP contribution in [-0.4, -0.2) is 19.4 Å². The number of methoxy groups -OCH3 is 1. The first kappa shape index (κ1) is 48.4. The molecule has 0 atom stereocenters. The van der Waals surface area contributed by atoms with Crippen molar-refractivity contribution in [3.63, 3.8) is 0 Å². The molecule has 1 saturated carbocycles. The van der Waals surface area contributed by atoms with Gasteiger partial charge in [-0.05, 0) is 78.4 Å². The molecule has 6 nitrogen and oxygen atoms in total. The third-order valence-electron chi connectivity index (χ3n) is 8.64. The number of hydrogen-bond donors (Lipinski definition) is 0. The topological polar surface area (TPSA) is 71.1 Å². The van der Waals surface area contributed by atoms with Crippen molar-refractivity contribution in [3.8, 4) is 17.2 Å². The van der Waals surface area contributed by atoms with Crippen LogP contribution >= 0.6 is 0 Å². The summed E-state index contributed by atoms with van der Waals surface area (Å²) in [6.45, 7) is 26.3. The maximum atomic E-state index is 12.6. The summed E-state index contributed by atoms with van der Waals surface area (Å²) in [6, 6.07) is 31.4. The second kappa shape index (κ2) is 26.2. The lowest BCUT2D eigenvalue weighted by Crippen LogP contribution is -2.30. The minimum Gasteiger partial charge on any atom is -0.437 e. The zero-order valence-corrected chi connectivity index (χ0v) is 35.2. The van der Waals surface area contributed by atoms with E-state index in [9.17, 15) is 9.59 Å². The first-order valence-electron chi connectivity index (χ1n) is 19.7. The Labute approximate surface area is 322 Å². The molecule has 0 aliphatic heterocycles. The average molecular weight is 729 g/mol. The van der Waals surface area contributed by atoms with Crippen molar-refractivity contribution in [2.24, 2.45) is 0 Å². The summed E-state index contributed by atoms with van der Waals surface area (Å²) in [7, 11) is 1.27. The van der Waals surface area contributed by atoms with E-state index in [1.807, 2.05) is 106 Å². The maximum Gasteiger partial charge on any atom is 0.519 e. The van der Waals surface area contributed by atoms with Crippen LogP contribution in [0, 0.1) is 6.92 Å². The lowest BCUT2D eigenvalue weighted by Gasteiger charge is -2.38. The molecule has 5 rings (SSSR count). The average Bonchev–Trinajstić information content (AvgIpc) is 3.23. The summed E-state index contributed by atoms with van der Waals surface area (Å²) in [5.41, 5.74) is 5.55. The van der Waals surface area contributed by atoms with Crippen molar-refractivity contribution in [1.82, 2.24) is 0 Å². The number of rotatable bonds is 7. The van der Waals surface area contributed by atoms with Crippen LogP contribution in [-0.2, 0) is 15.6 Å². The Morgan fingerprint density at radius 2 is 0.811 bits per heavy atom. The van der Waals surface area contributed by atoms with Gasteiger partial charge in [0.25, 0.3) is 0 Å². The van der Waals surface area contributed by atoms with Crippen LogP contribution < -0.4 is 14.2 Å². The number of benzene rings is 4. The quantitative estimate of drug-likeness (QED) is 0.139. The number of carbonyl (C=O) groups excluding carboxylic acids is 2. The first-order chi connectivity index (χ1) is 25.7. The van der Waals surface area contributed by atoms with Gasteiger partial charge >= 0.3 is 12.3 Å². The Morgan fingerprint density at radius 3 is 1.17 bits per heavy atom. The molecule has 1 fully saturated rings. The molecule has 4 aromatic rings. The summed E-state index contributed by atoms with van der Waals surface area (Å²) >= 11 is 0. The second-order valence-electron chi connectivity index (χ2n) is 11.7. The molecule has 1 aliphatic carbocycles. The van der Waals surface area contributed by atoms with Crippen molar-refractivity contribution >= 4 is 12.3 Å². The van der Waals surface area contributed by atoms with Gasteiger partial charge in [-0.1, -0.05) is 169 Å². The highest BCUT2D eigenvalue weighted by Gasteiger charge is 2.35. The second-order valence-corrected chi connectivity index (χ2v) is 11.7. The van der Waals surface area contributed by atoms with Crippen molar-refractivity contribution < 1.29 is 28.5 Å². The van der Waals surface area contributed by atoms with Crippen LogP contribution in [0.3, 0.4) is 0 Å². The van der Waals surface area contributed by atoms with Crippen LogP contribution in [0.15, 0.2) is 97.1 Å². The van der Waals surface area contributed by atoms with E-state index in [-0.39, 0.29) is 10.8 Å². The molecule has 4 aromatic carbocycles. The molecule has 0 unspecified atom stereocenters. The van der Waals surface area contributed by atoms with E-state index < -0.39 is 12.3 Å². The van der Waals surface area contributed by atoms with Crippen LogP contribution in [0.1, 0.15) is 143 Å². The summed E-state index contributed by atoms with van der Waals surface area (Å²) in [5.74, 6) is 1.24. The third-order valence-corrected chi connectivity index (χ3v) is 8.64. The van der Waals surface area contributed by atoms with E-state index in [2.05, 4.69) is 61.9 Å². The fourth-order valence-corrected chi connectivity index (χ4v) is 6.01. The fourth-order valence-electron chi connectivity index (χ4n) is 6.01. The lowest BCUT2D eigenvalue weighted by atomic mass is 9.65. The number of ether oxygens (including phenoxy) is 4. The van der Waals surface area contributed by atoms with Gasteiger partial charge in [0.2, 0.25) is 0 Å².